The molecule has 0 unspecified atom stereocenters. The molecule has 2 aromatic carbocycles. The highest BCUT2D eigenvalue weighted by atomic mass is 16.5. The van der Waals surface area contributed by atoms with Crippen LogP contribution in [0.4, 0.5) is 0 Å². The van der Waals surface area contributed by atoms with Crippen molar-refractivity contribution in [2.24, 2.45) is 0 Å². The number of benzene rings is 2. The molecule has 2 aromatic rings. The summed E-state index contributed by atoms with van der Waals surface area (Å²) >= 11 is 0. The lowest BCUT2D eigenvalue weighted by Crippen LogP contribution is -2.35. The van der Waals surface area contributed by atoms with Crippen LogP contribution >= 0.6 is 0 Å². The van der Waals surface area contributed by atoms with Gasteiger partial charge in [-0.2, -0.15) is 0 Å². The fourth-order valence-corrected chi connectivity index (χ4v) is 3.59. The minimum atomic E-state index is -0.743. The molecular formula is C24H28N2O5. The second-order valence-electron chi connectivity index (χ2n) is 7.40. The predicted molar refractivity (Wildman–Crippen MR) is 119 cm³/mol. The van der Waals surface area contributed by atoms with Crippen molar-refractivity contribution >= 4 is 18.1 Å². The highest BCUT2D eigenvalue weighted by molar-refractivity contribution is 5.66. The van der Waals surface area contributed by atoms with Gasteiger partial charge < -0.3 is 19.3 Å². The Morgan fingerprint density at radius 3 is 2.42 bits per heavy atom. The maximum atomic E-state index is 10.7. The number of nitrogens with one attached hydrogen (secondary N) is 1. The third-order valence-corrected chi connectivity index (χ3v) is 5.21. The lowest BCUT2D eigenvalue weighted by Gasteiger charge is -2.24. The first-order valence-electron chi connectivity index (χ1n) is 10.4. The largest absolute Gasteiger partial charge is 0.492 e. The third kappa shape index (κ3) is 6.86. The summed E-state index contributed by atoms with van der Waals surface area (Å²) in [5.74, 6) is 1.83. The van der Waals surface area contributed by atoms with Crippen LogP contribution in [0.1, 0.15) is 31.2 Å². The molecule has 164 valence electrons. The second-order valence-corrected chi connectivity index (χ2v) is 7.40. The van der Waals surface area contributed by atoms with Gasteiger partial charge in [-0.1, -0.05) is 6.58 Å². The van der Waals surface area contributed by atoms with E-state index >= 15 is 0 Å². The van der Waals surface area contributed by atoms with Crippen molar-refractivity contribution in [1.29, 1.82) is 5.41 Å². The standard InChI is InChI=1S/C24H28N2O5/c1-18(30-17-25)19-6-8-22(9-7-19)31-23-12-10-21(11-13-23)29-16-20-4-2-14-26(20)15-3-5-24(27)28/h6-13,17,20,25H,1-5,14-16H2,(H,27,28)/t20-/m1/s1. The molecule has 0 radical (unpaired) electrons. The van der Waals surface area contributed by atoms with Crippen LogP contribution in [0.15, 0.2) is 55.1 Å². The van der Waals surface area contributed by atoms with E-state index in [1.807, 2.05) is 48.5 Å². The normalized spacial score (nSPS) is 15.9. The van der Waals surface area contributed by atoms with Crippen molar-refractivity contribution < 1.29 is 24.1 Å². The Balaban J connectivity index is 1.47. The molecule has 0 aromatic heterocycles. The molecule has 0 spiro atoms. The molecule has 1 aliphatic rings. The summed E-state index contributed by atoms with van der Waals surface area (Å²) in [5.41, 5.74) is 0.781. The van der Waals surface area contributed by atoms with Crippen LogP contribution in [-0.4, -0.2) is 48.1 Å². The SMILES string of the molecule is C=C(OC=N)c1ccc(Oc2ccc(OC[C@H]3CCCN3CCCC(=O)O)cc2)cc1. The van der Waals surface area contributed by atoms with Gasteiger partial charge in [-0.25, -0.2) is 0 Å². The molecule has 3 rings (SSSR count). The minimum absolute atomic E-state index is 0.209. The maximum Gasteiger partial charge on any atom is 0.303 e. The molecule has 1 atom stereocenters. The van der Waals surface area contributed by atoms with Gasteiger partial charge in [0.25, 0.3) is 0 Å². The highest BCUT2D eigenvalue weighted by Gasteiger charge is 2.24. The van der Waals surface area contributed by atoms with Gasteiger partial charge in [0.05, 0.1) is 0 Å². The smallest absolute Gasteiger partial charge is 0.303 e. The second kappa shape index (κ2) is 11.2. The maximum absolute atomic E-state index is 10.7. The molecule has 1 heterocycles. The van der Waals surface area contributed by atoms with E-state index in [4.69, 9.17) is 24.7 Å². The molecule has 0 aliphatic carbocycles. The Morgan fingerprint density at radius 2 is 1.77 bits per heavy atom. The van der Waals surface area contributed by atoms with E-state index in [-0.39, 0.29) is 6.42 Å². The number of ether oxygens (including phenoxy) is 3. The number of hydrogen-bond acceptors (Lipinski definition) is 6. The molecular weight excluding hydrogens is 396 g/mol. The fraction of sp³-hybridized carbons (Fsp3) is 0.333. The van der Waals surface area contributed by atoms with Crippen molar-refractivity contribution in [3.05, 3.63) is 60.7 Å². The van der Waals surface area contributed by atoms with E-state index in [1.165, 1.54) is 0 Å². The number of carboxylic acids is 1. The highest BCUT2D eigenvalue weighted by Crippen LogP contribution is 2.26. The number of rotatable bonds is 12. The number of hydrogen-bond donors (Lipinski definition) is 2. The van der Waals surface area contributed by atoms with Gasteiger partial charge in [0.1, 0.15) is 29.6 Å². The molecule has 0 saturated carbocycles. The monoisotopic (exact) mass is 424 g/mol. The zero-order chi connectivity index (χ0) is 22.1. The molecule has 1 fully saturated rings. The number of carbonyl (C=O) groups is 1. The molecule has 2 N–H and O–H groups in total. The topological polar surface area (TPSA) is 92.1 Å². The van der Waals surface area contributed by atoms with Crippen molar-refractivity contribution in [3.63, 3.8) is 0 Å². The molecule has 0 bridgehead atoms. The molecule has 7 nitrogen and oxygen atoms in total. The number of carboxylic acid groups (broad SMARTS) is 1. The summed E-state index contributed by atoms with van der Waals surface area (Å²) in [6.45, 7) is 6.15. The Labute approximate surface area is 182 Å². The first kappa shape index (κ1) is 22.4. The number of nitrogens with zero attached hydrogens (tertiary/aromatic N) is 1. The zero-order valence-corrected chi connectivity index (χ0v) is 17.5. The van der Waals surface area contributed by atoms with E-state index < -0.39 is 5.97 Å². The summed E-state index contributed by atoms with van der Waals surface area (Å²) in [6.07, 6.45) is 3.92. The quantitative estimate of drug-likeness (QED) is 0.289. The summed E-state index contributed by atoms with van der Waals surface area (Å²) in [4.78, 5) is 13.0. The molecule has 1 aliphatic heterocycles. The van der Waals surface area contributed by atoms with E-state index in [0.29, 0.717) is 36.3 Å². The Bertz CT molecular complexity index is 880. The van der Waals surface area contributed by atoms with E-state index in [0.717, 1.165) is 43.6 Å². The van der Waals surface area contributed by atoms with Crippen molar-refractivity contribution in [2.75, 3.05) is 19.7 Å². The predicted octanol–water partition coefficient (Wildman–Crippen LogP) is 4.78. The molecule has 1 saturated heterocycles. The average molecular weight is 424 g/mol. The van der Waals surface area contributed by atoms with Crippen LogP contribution in [0.5, 0.6) is 17.2 Å². The molecule has 0 amide bonds. The average Bonchev–Trinajstić information content (AvgIpc) is 3.21. The Morgan fingerprint density at radius 1 is 1.13 bits per heavy atom. The van der Waals surface area contributed by atoms with Crippen LogP contribution in [-0.2, 0) is 9.53 Å². The van der Waals surface area contributed by atoms with Crippen molar-refractivity contribution in [2.45, 2.75) is 31.7 Å². The van der Waals surface area contributed by atoms with Gasteiger partial charge in [-0.05, 0) is 80.9 Å². The summed E-state index contributed by atoms with van der Waals surface area (Å²) in [7, 11) is 0. The van der Waals surface area contributed by atoms with Crippen molar-refractivity contribution in [3.8, 4) is 17.2 Å². The van der Waals surface area contributed by atoms with Gasteiger partial charge in [0, 0.05) is 18.0 Å². The molecule has 31 heavy (non-hydrogen) atoms. The fourth-order valence-electron chi connectivity index (χ4n) is 3.59. The van der Waals surface area contributed by atoms with Crippen LogP contribution in [0.3, 0.4) is 0 Å². The first-order valence-corrected chi connectivity index (χ1v) is 10.4. The van der Waals surface area contributed by atoms with E-state index in [1.54, 1.807) is 0 Å². The van der Waals surface area contributed by atoms with Crippen molar-refractivity contribution in [1.82, 2.24) is 4.90 Å². The van der Waals surface area contributed by atoms with Gasteiger partial charge in [-0.3, -0.25) is 15.1 Å². The number of likely N-dealkylation sites (tertiary alicyclic amines) is 1. The zero-order valence-electron chi connectivity index (χ0n) is 17.5. The molecule has 7 heteroatoms. The summed E-state index contributed by atoms with van der Waals surface area (Å²) in [6, 6.07) is 15.1. The lowest BCUT2D eigenvalue weighted by molar-refractivity contribution is -0.137. The summed E-state index contributed by atoms with van der Waals surface area (Å²) in [5, 5.41) is 15.8. The van der Waals surface area contributed by atoms with E-state index in [9.17, 15) is 4.79 Å². The van der Waals surface area contributed by atoms with Crippen LogP contribution in [0.25, 0.3) is 5.76 Å². The van der Waals surface area contributed by atoms with Gasteiger partial charge >= 0.3 is 5.97 Å². The first-order chi connectivity index (χ1) is 15.0. The number of aliphatic carboxylic acids is 1. The Kier molecular flexibility index (Phi) is 8.06. The summed E-state index contributed by atoms with van der Waals surface area (Å²) < 4.78 is 16.8. The van der Waals surface area contributed by atoms with Gasteiger partial charge in [0.2, 0.25) is 0 Å². The minimum Gasteiger partial charge on any atom is -0.492 e. The van der Waals surface area contributed by atoms with Crippen LogP contribution in [0.2, 0.25) is 0 Å². The van der Waals surface area contributed by atoms with Crippen LogP contribution < -0.4 is 9.47 Å². The third-order valence-electron chi connectivity index (χ3n) is 5.21. The van der Waals surface area contributed by atoms with Crippen LogP contribution in [0, 0.1) is 5.41 Å². The van der Waals surface area contributed by atoms with Gasteiger partial charge in [-0.15, -0.1) is 0 Å². The Hall–Kier alpha value is -3.32. The van der Waals surface area contributed by atoms with Gasteiger partial charge in [0.15, 0.2) is 6.40 Å². The van der Waals surface area contributed by atoms with E-state index in [2.05, 4.69) is 11.5 Å². The lowest BCUT2D eigenvalue weighted by atomic mass is 10.2.